The van der Waals surface area contributed by atoms with Crippen molar-refractivity contribution < 1.29 is 23.7 Å². The van der Waals surface area contributed by atoms with Gasteiger partial charge in [-0.2, -0.15) is 0 Å². The van der Waals surface area contributed by atoms with Gasteiger partial charge in [-0.25, -0.2) is 4.98 Å². The van der Waals surface area contributed by atoms with E-state index in [1.165, 1.54) is 11.8 Å². The number of hydrogen-bond acceptors (Lipinski definition) is 7. The first kappa shape index (κ1) is 18.3. The number of nitrogens with one attached hydrogen (secondary N) is 2. The number of aromatic nitrogens is 2. The Kier molecular flexibility index (Phi) is 5.16. The molecule has 146 valence electrons. The Balaban J connectivity index is 1.34. The molecule has 9 heteroatoms. The summed E-state index contributed by atoms with van der Waals surface area (Å²) in [6, 6.07) is 9.24. The highest BCUT2D eigenvalue weighted by atomic mass is 32.2. The zero-order valence-electron chi connectivity index (χ0n) is 15.4. The number of nitrogens with zero attached hydrogens (tertiary/aromatic N) is 1. The number of carbonyl (C=O) groups excluding carboxylic acids is 1. The number of fused-ring (bicyclic) bond motifs is 2. The highest BCUT2D eigenvalue weighted by Crippen LogP contribution is 2.33. The van der Waals surface area contributed by atoms with Gasteiger partial charge in [-0.15, -0.1) is 0 Å². The number of ether oxygens (including phenoxy) is 4. The van der Waals surface area contributed by atoms with Crippen molar-refractivity contribution in [2.45, 2.75) is 11.7 Å². The van der Waals surface area contributed by atoms with Crippen LogP contribution in [0.3, 0.4) is 0 Å². The molecule has 4 rings (SSSR count). The number of imidazole rings is 1. The van der Waals surface area contributed by atoms with Gasteiger partial charge in [0.1, 0.15) is 0 Å². The fraction of sp³-hybridized carbons (Fsp3) is 0.263. The van der Waals surface area contributed by atoms with E-state index >= 15 is 0 Å². The number of carbonyl (C=O) groups is 1. The summed E-state index contributed by atoms with van der Waals surface area (Å²) in [7, 11) is 3.16. The van der Waals surface area contributed by atoms with Crippen molar-refractivity contribution in [3.05, 3.63) is 35.9 Å². The molecule has 0 aliphatic carbocycles. The summed E-state index contributed by atoms with van der Waals surface area (Å²) in [6.45, 7) is 0.654. The molecule has 0 saturated heterocycles. The lowest BCUT2D eigenvalue weighted by Gasteiger charge is -2.06. The fourth-order valence-electron chi connectivity index (χ4n) is 2.82. The number of thioether (sulfide) groups is 1. The second-order valence-corrected chi connectivity index (χ2v) is 6.98. The minimum absolute atomic E-state index is 0.0849. The Morgan fingerprint density at radius 2 is 1.96 bits per heavy atom. The van der Waals surface area contributed by atoms with E-state index in [0.717, 1.165) is 22.3 Å². The van der Waals surface area contributed by atoms with Crippen LogP contribution in [-0.2, 0) is 11.3 Å². The lowest BCUT2D eigenvalue weighted by Crippen LogP contribution is -2.24. The predicted octanol–water partition coefficient (Wildman–Crippen LogP) is 2.72. The lowest BCUT2D eigenvalue weighted by molar-refractivity contribution is -0.118. The average Bonchev–Trinajstić information content (AvgIpc) is 3.34. The quantitative estimate of drug-likeness (QED) is 0.588. The number of hydrogen-bond donors (Lipinski definition) is 2. The number of benzene rings is 2. The minimum Gasteiger partial charge on any atom is -0.493 e. The molecule has 1 amide bonds. The van der Waals surface area contributed by atoms with Crippen LogP contribution in [0.4, 0.5) is 0 Å². The van der Waals surface area contributed by atoms with E-state index in [1.54, 1.807) is 20.3 Å². The van der Waals surface area contributed by atoms with Crippen molar-refractivity contribution in [1.82, 2.24) is 15.3 Å². The smallest absolute Gasteiger partial charge is 0.231 e. The van der Waals surface area contributed by atoms with Gasteiger partial charge in [-0.05, 0) is 17.7 Å². The number of rotatable bonds is 7. The molecule has 2 aromatic carbocycles. The highest BCUT2D eigenvalue weighted by molar-refractivity contribution is 7.99. The molecular formula is C19H19N3O5S. The Labute approximate surface area is 165 Å². The van der Waals surface area contributed by atoms with Crippen molar-refractivity contribution in [3.63, 3.8) is 0 Å². The first-order valence-corrected chi connectivity index (χ1v) is 9.54. The Hall–Kier alpha value is -3.07. The third-order valence-corrected chi connectivity index (χ3v) is 5.11. The molecule has 2 heterocycles. The number of methoxy groups -OCH3 is 2. The van der Waals surface area contributed by atoms with Crippen LogP contribution in [0.1, 0.15) is 5.56 Å². The van der Waals surface area contributed by atoms with Gasteiger partial charge in [0.25, 0.3) is 0 Å². The number of H-pyrrole nitrogens is 1. The molecule has 1 aromatic heterocycles. The SMILES string of the molecule is COc1cc2nc(SCC(=O)NCc3ccc4c(c3)OCO4)[nH]c2cc1OC. The molecule has 2 N–H and O–H groups in total. The van der Waals surface area contributed by atoms with Crippen LogP contribution >= 0.6 is 11.8 Å². The molecule has 8 nitrogen and oxygen atoms in total. The molecule has 0 saturated carbocycles. The molecule has 0 atom stereocenters. The van der Waals surface area contributed by atoms with Crippen LogP contribution in [0.5, 0.6) is 23.0 Å². The molecule has 0 unspecified atom stereocenters. The van der Waals surface area contributed by atoms with Crippen molar-refractivity contribution in [2.24, 2.45) is 0 Å². The van der Waals surface area contributed by atoms with Gasteiger partial charge < -0.3 is 29.2 Å². The Morgan fingerprint density at radius 3 is 2.79 bits per heavy atom. The normalized spacial score (nSPS) is 12.2. The maximum Gasteiger partial charge on any atom is 0.231 e. The van der Waals surface area contributed by atoms with E-state index in [4.69, 9.17) is 18.9 Å². The van der Waals surface area contributed by atoms with Crippen LogP contribution in [-0.4, -0.2) is 42.6 Å². The van der Waals surface area contributed by atoms with E-state index in [-0.39, 0.29) is 18.5 Å². The summed E-state index contributed by atoms with van der Waals surface area (Å²) in [5.41, 5.74) is 2.52. The van der Waals surface area contributed by atoms with Crippen LogP contribution < -0.4 is 24.3 Å². The summed E-state index contributed by atoms with van der Waals surface area (Å²) in [5.74, 6) is 2.83. The maximum absolute atomic E-state index is 12.2. The highest BCUT2D eigenvalue weighted by Gasteiger charge is 2.14. The first-order valence-electron chi connectivity index (χ1n) is 8.56. The van der Waals surface area contributed by atoms with Crippen molar-refractivity contribution in [2.75, 3.05) is 26.8 Å². The van der Waals surface area contributed by atoms with Gasteiger partial charge >= 0.3 is 0 Å². The Bertz CT molecular complexity index is 979. The number of aromatic amines is 1. The van der Waals surface area contributed by atoms with Crippen molar-refractivity contribution in [3.8, 4) is 23.0 Å². The molecule has 0 bridgehead atoms. The second kappa shape index (κ2) is 7.89. The third-order valence-electron chi connectivity index (χ3n) is 4.23. The average molecular weight is 401 g/mol. The van der Waals surface area contributed by atoms with Crippen LogP contribution in [0, 0.1) is 0 Å². The van der Waals surface area contributed by atoms with E-state index in [0.29, 0.717) is 28.9 Å². The maximum atomic E-state index is 12.2. The van der Waals surface area contributed by atoms with Gasteiger partial charge in [-0.1, -0.05) is 17.8 Å². The fourth-order valence-corrected chi connectivity index (χ4v) is 3.53. The van der Waals surface area contributed by atoms with Gasteiger partial charge in [0.15, 0.2) is 28.2 Å². The summed E-state index contributed by atoms with van der Waals surface area (Å²) in [6.07, 6.45) is 0. The summed E-state index contributed by atoms with van der Waals surface area (Å²) >= 11 is 1.33. The van der Waals surface area contributed by atoms with Gasteiger partial charge in [0.05, 0.1) is 31.0 Å². The third kappa shape index (κ3) is 3.79. The molecule has 28 heavy (non-hydrogen) atoms. The molecule has 1 aliphatic heterocycles. The molecule has 0 radical (unpaired) electrons. The van der Waals surface area contributed by atoms with Crippen LogP contribution in [0.2, 0.25) is 0 Å². The largest absolute Gasteiger partial charge is 0.493 e. The van der Waals surface area contributed by atoms with Crippen molar-refractivity contribution in [1.29, 1.82) is 0 Å². The minimum atomic E-state index is -0.0849. The van der Waals surface area contributed by atoms with Crippen LogP contribution in [0.25, 0.3) is 11.0 Å². The van der Waals surface area contributed by atoms with Crippen LogP contribution in [0.15, 0.2) is 35.5 Å². The second-order valence-electron chi connectivity index (χ2n) is 6.02. The molecule has 0 spiro atoms. The topological polar surface area (TPSA) is 94.7 Å². The zero-order chi connectivity index (χ0) is 19.5. The predicted molar refractivity (Wildman–Crippen MR) is 104 cm³/mol. The number of amides is 1. The van der Waals surface area contributed by atoms with Gasteiger partial charge in [-0.3, -0.25) is 4.79 Å². The molecule has 3 aromatic rings. The van der Waals surface area contributed by atoms with Gasteiger partial charge in [0.2, 0.25) is 12.7 Å². The molecule has 0 fully saturated rings. The lowest BCUT2D eigenvalue weighted by atomic mass is 10.2. The summed E-state index contributed by atoms with van der Waals surface area (Å²) < 4.78 is 21.2. The van der Waals surface area contributed by atoms with E-state index < -0.39 is 0 Å². The van der Waals surface area contributed by atoms with E-state index in [1.807, 2.05) is 24.3 Å². The van der Waals surface area contributed by atoms with Crippen molar-refractivity contribution >= 4 is 28.7 Å². The van der Waals surface area contributed by atoms with Gasteiger partial charge in [0, 0.05) is 18.7 Å². The van der Waals surface area contributed by atoms with E-state index in [2.05, 4.69) is 15.3 Å². The summed E-state index contributed by atoms with van der Waals surface area (Å²) in [5, 5.41) is 3.55. The summed E-state index contributed by atoms with van der Waals surface area (Å²) in [4.78, 5) is 19.8. The monoisotopic (exact) mass is 401 g/mol. The molecular weight excluding hydrogens is 382 g/mol. The molecule has 1 aliphatic rings. The first-order chi connectivity index (χ1) is 13.7. The van der Waals surface area contributed by atoms with E-state index in [9.17, 15) is 4.79 Å². The zero-order valence-corrected chi connectivity index (χ0v) is 16.2. The standard InChI is InChI=1S/C19H19N3O5S/c1-24-15-6-12-13(7-16(15)25-2)22-19(21-12)28-9-18(23)20-8-11-3-4-14-17(5-11)27-10-26-14/h3-7H,8-10H2,1-2H3,(H,20,23)(H,21,22). The Morgan fingerprint density at radius 1 is 1.18 bits per heavy atom.